The third-order valence-corrected chi connectivity index (χ3v) is 3.02. The molecule has 1 aromatic carbocycles. The zero-order valence-corrected chi connectivity index (χ0v) is 11.5. The lowest BCUT2D eigenvalue weighted by atomic mass is 10.0. The van der Waals surface area contributed by atoms with E-state index in [2.05, 4.69) is 5.32 Å². The minimum absolute atomic E-state index is 0.129. The standard InChI is InChI=1S/C15H23NO2/c1-4-13(5-2)15(17)16-9-10-18-14-8-6-7-12(3)11-14/h6-8,11,13H,4-5,9-10H2,1-3H3,(H,16,17). The SMILES string of the molecule is CCC(CC)C(=O)NCCOc1cccc(C)c1. The topological polar surface area (TPSA) is 38.3 Å². The Hall–Kier alpha value is -1.51. The first-order valence-corrected chi connectivity index (χ1v) is 6.64. The molecule has 3 nitrogen and oxygen atoms in total. The monoisotopic (exact) mass is 249 g/mol. The number of hydrogen-bond donors (Lipinski definition) is 1. The molecule has 0 unspecified atom stereocenters. The van der Waals surface area contributed by atoms with Crippen LogP contribution in [0.4, 0.5) is 0 Å². The second-order valence-electron chi connectivity index (χ2n) is 4.47. The van der Waals surface area contributed by atoms with Gasteiger partial charge in [0.05, 0.1) is 6.54 Å². The molecule has 3 heteroatoms. The predicted molar refractivity (Wildman–Crippen MR) is 73.8 cm³/mol. The highest BCUT2D eigenvalue weighted by Gasteiger charge is 2.12. The van der Waals surface area contributed by atoms with Crippen LogP contribution in [0.25, 0.3) is 0 Å². The van der Waals surface area contributed by atoms with Crippen LogP contribution >= 0.6 is 0 Å². The molecule has 0 aliphatic carbocycles. The summed E-state index contributed by atoms with van der Waals surface area (Å²) < 4.78 is 5.57. The minimum Gasteiger partial charge on any atom is -0.492 e. The Labute approximate surface area is 110 Å². The van der Waals surface area contributed by atoms with E-state index < -0.39 is 0 Å². The van der Waals surface area contributed by atoms with Crippen LogP contribution in [-0.4, -0.2) is 19.1 Å². The molecule has 0 fully saturated rings. The van der Waals surface area contributed by atoms with Crippen LogP contribution in [0.15, 0.2) is 24.3 Å². The van der Waals surface area contributed by atoms with Gasteiger partial charge in [-0.15, -0.1) is 0 Å². The average molecular weight is 249 g/mol. The summed E-state index contributed by atoms with van der Waals surface area (Å²) in [5.74, 6) is 1.11. The lowest BCUT2D eigenvalue weighted by molar-refractivity contribution is -0.125. The molecular weight excluding hydrogens is 226 g/mol. The molecule has 0 aliphatic rings. The second kappa shape index (κ2) is 7.75. The molecule has 1 rings (SSSR count). The number of rotatable bonds is 7. The Bertz CT molecular complexity index is 373. The number of amides is 1. The Morgan fingerprint density at radius 1 is 1.33 bits per heavy atom. The molecule has 0 bridgehead atoms. The fourth-order valence-electron chi connectivity index (χ4n) is 1.85. The van der Waals surface area contributed by atoms with Gasteiger partial charge in [0.2, 0.25) is 5.91 Å². The van der Waals surface area contributed by atoms with Gasteiger partial charge in [-0.05, 0) is 37.5 Å². The number of carbonyl (C=O) groups excluding carboxylic acids is 1. The van der Waals surface area contributed by atoms with Gasteiger partial charge in [0, 0.05) is 5.92 Å². The largest absolute Gasteiger partial charge is 0.492 e. The number of carbonyl (C=O) groups is 1. The average Bonchev–Trinajstić information content (AvgIpc) is 2.36. The Kier molecular flexibility index (Phi) is 6.26. The van der Waals surface area contributed by atoms with Crippen molar-refractivity contribution in [2.75, 3.05) is 13.2 Å². The van der Waals surface area contributed by atoms with Crippen molar-refractivity contribution in [1.82, 2.24) is 5.32 Å². The van der Waals surface area contributed by atoms with Crippen molar-refractivity contribution in [3.63, 3.8) is 0 Å². The number of aryl methyl sites for hydroxylation is 1. The minimum atomic E-state index is 0.129. The molecule has 100 valence electrons. The van der Waals surface area contributed by atoms with E-state index in [4.69, 9.17) is 4.74 Å². The van der Waals surface area contributed by atoms with Crippen LogP contribution in [0.2, 0.25) is 0 Å². The molecule has 1 amide bonds. The maximum absolute atomic E-state index is 11.7. The molecule has 0 heterocycles. The lowest BCUT2D eigenvalue weighted by Gasteiger charge is -2.13. The Morgan fingerprint density at radius 2 is 2.06 bits per heavy atom. The first kappa shape index (κ1) is 14.6. The van der Waals surface area contributed by atoms with Gasteiger partial charge in [-0.25, -0.2) is 0 Å². The van der Waals surface area contributed by atoms with Crippen LogP contribution in [0, 0.1) is 12.8 Å². The zero-order valence-electron chi connectivity index (χ0n) is 11.5. The van der Waals surface area contributed by atoms with Crippen molar-refractivity contribution < 1.29 is 9.53 Å². The normalized spacial score (nSPS) is 10.4. The Balaban J connectivity index is 2.24. The zero-order chi connectivity index (χ0) is 13.4. The van der Waals surface area contributed by atoms with Gasteiger partial charge in [-0.3, -0.25) is 4.79 Å². The van der Waals surface area contributed by atoms with Gasteiger partial charge in [0.15, 0.2) is 0 Å². The first-order chi connectivity index (χ1) is 8.67. The first-order valence-electron chi connectivity index (χ1n) is 6.64. The smallest absolute Gasteiger partial charge is 0.223 e. The van der Waals surface area contributed by atoms with Crippen LogP contribution in [0.1, 0.15) is 32.3 Å². The van der Waals surface area contributed by atoms with Crippen molar-refractivity contribution in [2.24, 2.45) is 5.92 Å². The van der Waals surface area contributed by atoms with Gasteiger partial charge in [-0.2, -0.15) is 0 Å². The maximum Gasteiger partial charge on any atom is 0.223 e. The quantitative estimate of drug-likeness (QED) is 0.755. The molecule has 0 saturated heterocycles. The van der Waals surface area contributed by atoms with E-state index >= 15 is 0 Å². The highest BCUT2D eigenvalue weighted by Crippen LogP contribution is 2.12. The summed E-state index contributed by atoms with van der Waals surface area (Å²) in [6.07, 6.45) is 1.78. The predicted octanol–water partition coefficient (Wildman–Crippen LogP) is 2.93. The third-order valence-electron chi connectivity index (χ3n) is 3.02. The fourth-order valence-corrected chi connectivity index (χ4v) is 1.85. The van der Waals surface area contributed by atoms with E-state index in [1.165, 1.54) is 5.56 Å². The van der Waals surface area contributed by atoms with Gasteiger partial charge in [-0.1, -0.05) is 26.0 Å². The van der Waals surface area contributed by atoms with E-state index in [1.807, 2.05) is 45.0 Å². The van der Waals surface area contributed by atoms with Crippen molar-refractivity contribution in [1.29, 1.82) is 0 Å². The highest BCUT2D eigenvalue weighted by atomic mass is 16.5. The molecule has 18 heavy (non-hydrogen) atoms. The van der Waals surface area contributed by atoms with Crippen molar-refractivity contribution in [2.45, 2.75) is 33.6 Å². The number of hydrogen-bond acceptors (Lipinski definition) is 2. The molecule has 1 N–H and O–H groups in total. The van der Waals surface area contributed by atoms with E-state index in [1.54, 1.807) is 0 Å². The lowest BCUT2D eigenvalue weighted by Crippen LogP contribution is -2.33. The van der Waals surface area contributed by atoms with Crippen LogP contribution in [0.5, 0.6) is 5.75 Å². The summed E-state index contributed by atoms with van der Waals surface area (Å²) in [6, 6.07) is 7.91. The van der Waals surface area contributed by atoms with Gasteiger partial charge in [0.1, 0.15) is 12.4 Å². The molecule has 0 saturated carbocycles. The molecule has 0 spiro atoms. The van der Waals surface area contributed by atoms with Gasteiger partial charge in [0.25, 0.3) is 0 Å². The van der Waals surface area contributed by atoms with Crippen molar-refractivity contribution >= 4 is 5.91 Å². The van der Waals surface area contributed by atoms with Gasteiger partial charge < -0.3 is 10.1 Å². The summed E-state index contributed by atoms with van der Waals surface area (Å²) in [5.41, 5.74) is 1.17. The molecule has 0 radical (unpaired) electrons. The molecular formula is C15H23NO2. The van der Waals surface area contributed by atoms with Crippen LogP contribution in [-0.2, 0) is 4.79 Å². The van der Waals surface area contributed by atoms with E-state index in [9.17, 15) is 4.79 Å². The molecule has 0 aliphatic heterocycles. The van der Waals surface area contributed by atoms with E-state index in [-0.39, 0.29) is 11.8 Å². The summed E-state index contributed by atoms with van der Waals surface area (Å²) in [6.45, 7) is 7.17. The third kappa shape index (κ3) is 4.78. The Morgan fingerprint density at radius 3 is 2.67 bits per heavy atom. The van der Waals surface area contributed by atoms with Crippen LogP contribution < -0.4 is 10.1 Å². The summed E-state index contributed by atoms with van der Waals surface area (Å²) in [4.78, 5) is 11.7. The maximum atomic E-state index is 11.7. The second-order valence-corrected chi connectivity index (χ2v) is 4.47. The summed E-state index contributed by atoms with van der Waals surface area (Å²) >= 11 is 0. The molecule has 0 atom stereocenters. The van der Waals surface area contributed by atoms with Gasteiger partial charge >= 0.3 is 0 Å². The number of benzene rings is 1. The number of ether oxygens (including phenoxy) is 1. The van der Waals surface area contributed by atoms with E-state index in [0.29, 0.717) is 13.2 Å². The highest BCUT2D eigenvalue weighted by molar-refractivity contribution is 5.78. The fraction of sp³-hybridized carbons (Fsp3) is 0.533. The molecule has 0 aromatic heterocycles. The summed E-state index contributed by atoms with van der Waals surface area (Å²) in [5, 5.41) is 2.91. The summed E-state index contributed by atoms with van der Waals surface area (Å²) in [7, 11) is 0. The van der Waals surface area contributed by atoms with E-state index in [0.717, 1.165) is 18.6 Å². The number of nitrogens with one attached hydrogen (secondary N) is 1. The van der Waals surface area contributed by atoms with Crippen molar-refractivity contribution in [3.05, 3.63) is 29.8 Å². The molecule has 1 aromatic rings. The van der Waals surface area contributed by atoms with Crippen LogP contribution in [0.3, 0.4) is 0 Å². The van der Waals surface area contributed by atoms with Crippen molar-refractivity contribution in [3.8, 4) is 5.75 Å².